The van der Waals surface area contributed by atoms with Crippen LogP contribution in [0.3, 0.4) is 0 Å². The van der Waals surface area contributed by atoms with Crippen molar-refractivity contribution in [3.05, 3.63) is 58.8 Å². The third-order valence-electron chi connectivity index (χ3n) is 3.82. The maximum Gasteiger partial charge on any atom is 0.232 e. The van der Waals surface area contributed by atoms with Crippen molar-refractivity contribution in [3.8, 4) is 10.7 Å². The molecule has 0 radical (unpaired) electrons. The van der Waals surface area contributed by atoms with Gasteiger partial charge < -0.3 is 4.52 Å². The molecule has 1 aliphatic heterocycles. The van der Waals surface area contributed by atoms with E-state index < -0.39 is 11.6 Å². The lowest BCUT2D eigenvalue weighted by Crippen LogP contribution is -2.44. The van der Waals surface area contributed by atoms with E-state index in [-0.39, 0.29) is 5.92 Å². The Labute approximate surface area is 135 Å². The SMILES string of the molecule is Fc1cc(F)cc(CN2CC(c3nc(-c4cccs4)no3)C2)c1. The van der Waals surface area contributed by atoms with Crippen molar-refractivity contribution in [1.82, 2.24) is 15.0 Å². The fourth-order valence-corrected chi connectivity index (χ4v) is 3.37. The highest BCUT2D eigenvalue weighted by atomic mass is 32.1. The predicted octanol–water partition coefficient (Wildman–Crippen LogP) is 3.68. The zero-order valence-corrected chi connectivity index (χ0v) is 12.9. The highest BCUT2D eigenvalue weighted by Crippen LogP contribution is 2.30. The van der Waals surface area contributed by atoms with Crippen molar-refractivity contribution in [3.63, 3.8) is 0 Å². The summed E-state index contributed by atoms with van der Waals surface area (Å²) in [6.45, 7) is 1.99. The lowest BCUT2D eigenvalue weighted by atomic mass is 9.99. The highest BCUT2D eigenvalue weighted by molar-refractivity contribution is 7.13. The van der Waals surface area contributed by atoms with E-state index in [0.29, 0.717) is 23.8 Å². The van der Waals surface area contributed by atoms with Gasteiger partial charge in [0.05, 0.1) is 10.8 Å². The Bertz CT molecular complexity index is 792. The van der Waals surface area contributed by atoms with E-state index in [9.17, 15) is 8.78 Å². The molecule has 0 N–H and O–H groups in total. The summed E-state index contributed by atoms with van der Waals surface area (Å²) in [7, 11) is 0. The first kappa shape index (κ1) is 14.5. The molecule has 1 fully saturated rings. The van der Waals surface area contributed by atoms with Crippen molar-refractivity contribution in [1.29, 1.82) is 0 Å². The van der Waals surface area contributed by atoms with Gasteiger partial charge in [-0.15, -0.1) is 11.3 Å². The molecule has 118 valence electrons. The molecule has 3 aromatic rings. The quantitative estimate of drug-likeness (QED) is 0.730. The second-order valence-corrected chi connectivity index (χ2v) is 6.55. The first-order valence-electron chi connectivity index (χ1n) is 7.22. The van der Waals surface area contributed by atoms with E-state index in [1.54, 1.807) is 11.3 Å². The van der Waals surface area contributed by atoms with Crippen molar-refractivity contribution in [2.24, 2.45) is 0 Å². The smallest absolute Gasteiger partial charge is 0.232 e. The summed E-state index contributed by atoms with van der Waals surface area (Å²) in [4.78, 5) is 7.50. The molecule has 4 nitrogen and oxygen atoms in total. The lowest BCUT2D eigenvalue weighted by Gasteiger charge is -2.37. The van der Waals surface area contributed by atoms with Crippen LogP contribution in [-0.4, -0.2) is 28.1 Å². The number of hydrogen-bond acceptors (Lipinski definition) is 5. The van der Waals surface area contributed by atoms with Crippen LogP contribution in [0.5, 0.6) is 0 Å². The first-order chi connectivity index (χ1) is 11.2. The van der Waals surface area contributed by atoms with Gasteiger partial charge in [0.1, 0.15) is 11.6 Å². The summed E-state index contributed by atoms with van der Waals surface area (Å²) in [5.41, 5.74) is 0.630. The number of likely N-dealkylation sites (tertiary alicyclic amines) is 1. The number of aromatic nitrogens is 2. The molecule has 0 aliphatic carbocycles. The summed E-state index contributed by atoms with van der Waals surface area (Å²) < 4.78 is 31.7. The zero-order chi connectivity index (χ0) is 15.8. The normalized spacial score (nSPS) is 15.7. The summed E-state index contributed by atoms with van der Waals surface area (Å²) in [6.07, 6.45) is 0. The molecule has 0 saturated carbocycles. The third-order valence-corrected chi connectivity index (χ3v) is 4.68. The van der Waals surface area contributed by atoms with E-state index in [1.807, 2.05) is 17.5 Å². The van der Waals surface area contributed by atoms with Gasteiger partial charge in [0.2, 0.25) is 11.7 Å². The molecule has 0 unspecified atom stereocenters. The maximum absolute atomic E-state index is 13.2. The van der Waals surface area contributed by atoms with Crippen molar-refractivity contribution >= 4 is 11.3 Å². The van der Waals surface area contributed by atoms with Gasteiger partial charge in [0, 0.05) is 25.7 Å². The molecular formula is C16H13F2N3OS. The van der Waals surface area contributed by atoms with Crippen molar-refractivity contribution in [2.45, 2.75) is 12.5 Å². The van der Waals surface area contributed by atoms with Gasteiger partial charge in [-0.25, -0.2) is 8.78 Å². The number of benzene rings is 1. The number of rotatable bonds is 4. The lowest BCUT2D eigenvalue weighted by molar-refractivity contribution is 0.117. The Morgan fingerprint density at radius 3 is 2.70 bits per heavy atom. The highest BCUT2D eigenvalue weighted by Gasteiger charge is 2.32. The minimum absolute atomic E-state index is 0.176. The van der Waals surface area contributed by atoms with Gasteiger partial charge in [-0.05, 0) is 29.1 Å². The Hall–Kier alpha value is -2.12. The second-order valence-electron chi connectivity index (χ2n) is 5.60. The second kappa shape index (κ2) is 5.82. The van der Waals surface area contributed by atoms with Crippen LogP contribution in [-0.2, 0) is 6.54 Å². The molecule has 23 heavy (non-hydrogen) atoms. The average Bonchev–Trinajstić information content (AvgIpc) is 3.12. The van der Waals surface area contributed by atoms with Crippen LogP contribution in [0.1, 0.15) is 17.4 Å². The molecule has 0 atom stereocenters. The van der Waals surface area contributed by atoms with Crippen LogP contribution in [0, 0.1) is 11.6 Å². The monoisotopic (exact) mass is 333 g/mol. The van der Waals surface area contributed by atoms with Crippen LogP contribution in [0.2, 0.25) is 0 Å². The Morgan fingerprint density at radius 1 is 1.22 bits per heavy atom. The van der Waals surface area contributed by atoms with Gasteiger partial charge >= 0.3 is 0 Å². The molecule has 0 bridgehead atoms. The van der Waals surface area contributed by atoms with E-state index in [1.165, 1.54) is 12.1 Å². The standard InChI is InChI=1S/C16H13F2N3OS/c17-12-4-10(5-13(18)6-12)7-21-8-11(9-21)16-19-15(20-22-16)14-2-1-3-23-14/h1-6,11H,7-9H2. The molecule has 0 spiro atoms. The van der Waals surface area contributed by atoms with E-state index >= 15 is 0 Å². The van der Waals surface area contributed by atoms with E-state index in [2.05, 4.69) is 15.0 Å². The van der Waals surface area contributed by atoms with Gasteiger partial charge in [-0.2, -0.15) is 4.98 Å². The minimum Gasteiger partial charge on any atom is -0.339 e. The molecule has 3 heterocycles. The number of halogens is 2. The van der Waals surface area contributed by atoms with Crippen LogP contribution >= 0.6 is 11.3 Å². The van der Waals surface area contributed by atoms with Crippen LogP contribution in [0.15, 0.2) is 40.2 Å². The fourth-order valence-electron chi connectivity index (χ4n) is 2.72. The molecule has 4 rings (SSSR count). The molecule has 1 saturated heterocycles. The van der Waals surface area contributed by atoms with Crippen LogP contribution in [0.25, 0.3) is 10.7 Å². The maximum atomic E-state index is 13.2. The summed E-state index contributed by atoms with van der Waals surface area (Å²) in [5, 5.41) is 5.97. The van der Waals surface area contributed by atoms with Gasteiger partial charge in [0.15, 0.2) is 0 Å². The molecule has 1 aliphatic rings. The predicted molar refractivity (Wildman–Crippen MR) is 82.0 cm³/mol. The van der Waals surface area contributed by atoms with Crippen molar-refractivity contribution < 1.29 is 13.3 Å². The largest absolute Gasteiger partial charge is 0.339 e. The van der Waals surface area contributed by atoms with Crippen molar-refractivity contribution in [2.75, 3.05) is 13.1 Å². The Kier molecular flexibility index (Phi) is 3.66. The molecule has 7 heteroatoms. The van der Waals surface area contributed by atoms with Gasteiger partial charge in [-0.1, -0.05) is 11.2 Å². The summed E-state index contributed by atoms with van der Waals surface area (Å²) in [6, 6.07) is 7.49. The average molecular weight is 333 g/mol. The first-order valence-corrected chi connectivity index (χ1v) is 8.10. The van der Waals surface area contributed by atoms with Gasteiger partial charge in [-0.3, -0.25) is 4.90 Å². The molecule has 2 aromatic heterocycles. The summed E-state index contributed by atoms with van der Waals surface area (Å²) >= 11 is 1.57. The zero-order valence-electron chi connectivity index (χ0n) is 12.1. The minimum atomic E-state index is -0.547. The Morgan fingerprint density at radius 2 is 2.00 bits per heavy atom. The van der Waals surface area contributed by atoms with E-state index in [4.69, 9.17) is 4.52 Å². The van der Waals surface area contributed by atoms with Crippen LogP contribution in [0.4, 0.5) is 8.78 Å². The number of nitrogens with zero attached hydrogens (tertiary/aromatic N) is 3. The third kappa shape index (κ3) is 3.02. The van der Waals surface area contributed by atoms with E-state index in [0.717, 1.165) is 24.0 Å². The van der Waals surface area contributed by atoms with Gasteiger partial charge in [0.25, 0.3) is 0 Å². The topological polar surface area (TPSA) is 42.2 Å². The molecule has 1 aromatic carbocycles. The fraction of sp³-hybridized carbons (Fsp3) is 0.250. The molecule has 0 amide bonds. The van der Waals surface area contributed by atoms with Crippen LogP contribution < -0.4 is 0 Å². The number of hydrogen-bond donors (Lipinski definition) is 0. The summed E-state index contributed by atoms with van der Waals surface area (Å²) in [5.74, 6) is 0.314. The number of thiophene rings is 1. The molecular weight excluding hydrogens is 320 g/mol. The Balaban J connectivity index is 1.38.